The van der Waals surface area contributed by atoms with Crippen LogP contribution in [0.15, 0.2) is 48.5 Å². The van der Waals surface area contributed by atoms with Crippen molar-refractivity contribution in [2.45, 2.75) is 32.6 Å². The molecule has 0 atom stereocenters. The van der Waals surface area contributed by atoms with Crippen molar-refractivity contribution in [3.63, 3.8) is 0 Å². The number of hydrogen-bond acceptors (Lipinski definition) is 2. The van der Waals surface area contributed by atoms with E-state index in [4.69, 9.17) is 0 Å². The fourth-order valence-corrected chi connectivity index (χ4v) is 2.50. The Bertz CT molecular complexity index is 664. The van der Waals surface area contributed by atoms with E-state index in [0.717, 1.165) is 6.42 Å². The predicted molar refractivity (Wildman–Crippen MR) is 102 cm³/mol. The van der Waals surface area contributed by atoms with E-state index in [-0.39, 0.29) is 11.3 Å². The second-order valence-electron chi connectivity index (χ2n) is 7.39. The molecule has 2 aromatic rings. The molecular formula is C21H28N2O. The smallest absolute Gasteiger partial charge is 0.251 e. The first-order valence-corrected chi connectivity index (χ1v) is 8.42. The van der Waals surface area contributed by atoms with Gasteiger partial charge in [0.15, 0.2) is 0 Å². The lowest BCUT2D eigenvalue weighted by molar-refractivity contribution is 0.0954. The first-order valence-electron chi connectivity index (χ1n) is 8.42. The molecule has 0 aliphatic heterocycles. The van der Waals surface area contributed by atoms with Crippen molar-refractivity contribution >= 4 is 11.6 Å². The number of carbonyl (C=O) groups excluding carboxylic acids is 1. The van der Waals surface area contributed by atoms with Gasteiger partial charge in [-0.05, 0) is 47.2 Å². The van der Waals surface area contributed by atoms with Crippen LogP contribution in [0.25, 0.3) is 0 Å². The van der Waals surface area contributed by atoms with Crippen molar-refractivity contribution in [3.05, 3.63) is 65.2 Å². The van der Waals surface area contributed by atoms with Gasteiger partial charge in [0, 0.05) is 31.9 Å². The SMILES string of the molecule is CN(C)c1ccc(CCNC(=O)c2ccc(C(C)(C)C)cc2)cc1. The maximum absolute atomic E-state index is 12.2. The lowest BCUT2D eigenvalue weighted by Crippen LogP contribution is -2.25. The zero-order valence-electron chi connectivity index (χ0n) is 15.4. The van der Waals surface area contributed by atoms with Gasteiger partial charge < -0.3 is 10.2 Å². The Morgan fingerprint density at radius 1 is 0.958 bits per heavy atom. The maximum atomic E-state index is 12.2. The number of rotatable bonds is 5. The molecular weight excluding hydrogens is 296 g/mol. The summed E-state index contributed by atoms with van der Waals surface area (Å²) in [4.78, 5) is 14.3. The zero-order valence-corrected chi connectivity index (χ0v) is 15.4. The molecule has 0 fully saturated rings. The number of carbonyl (C=O) groups is 1. The topological polar surface area (TPSA) is 32.3 Å². The molecule has 0 aromatic heterocycles. The molecule has 2 rings (SSSR count). The molecule has 2 aromatic carbocycles. The lowest BCUT2D eigenvalue weighted by atomic mass is 9.87. The molecule has 1 amide bonds. The summed E-state index contributed by atoms with van der Waals surface area (Å²) >= 11 is 0. The van der Waals surface area contributed by atoms with Crippen LogP contribution in [0.4, 0.5) is 5.69 Å². The average molecular weight is 324 g/mol. The Labute approximate surface area is 145 Å². The Kier molecular flexibility index (Phi) is 5.66. The highest BCUT2D eigenvalue weighted by atomic mass is 16.1. The molecule has 0 saturated heterocycles. The van der Waals surface area contributed by atoms with Gasteiger partial charge in [-0.15, -0.1) is 0 Å². The Balaban J connectivity index is 1.87. The number of nitrogens with one attached hydrogen (secondary N) is 1. The van der Waals surface area contributed by atoms with Crippen LogP contribution in [0.2, 0.25) is 0 Å². The van der Waals surface area contributed by atoms with Crippen molar-refractivity contribution in [1.29, 1.82) is 0 Å². The molecule has 1 N–H and O–H groups in total. The number of amides is 1. The van der Waals surface area contributed by atoms with Gasteiger partial charge in [0.25, 0.3) is 5.91 Å². The van der Waals surface area contributed by atoms with E-state index in [1.165, 1.54) is 16.8 Å². The van der Waals surface area contributed by atoms with Crippen LogP contribution in [0.3, 0.4) is 0 Å². The van der Waals surface area contributed by atoms with Gasteiger partial charge in [0.05, 0.1) is 0 Å². The Hall–Kier alpha value is -2.29. The highest BCUT2D eigenvalue weighted by molar-refractivity contribution is 5.94. The summed E-state index contributed by atoms with van der Waals surface area (Å²) in [7, 11) is 4.06. The lowest BCUT2D eigenvalue weighted by Gasteiger charge is -2.19. The second-order valence-corrected chi connectivity index (χ2v) is 7.39. The van der Waals surface area contributed by atoms with Crippen molar-refractivity contribution in [2.75, 3.05) is 25.5 Å². The Morgan fingerprint density at radius 2 is 1.54 bits per heavy atom. The molecule has 0 saturated carbocycles. The summed E-state index contributed by atoms with van der Waals surface area (Å²) < 4.78 is 0. The van der Waals surface area contributed by atoms with Crippen molar-refractivity contribution in [2.24, 2.45) is 0 Å². The molecule has 3 nitrogen and oxygen atoms in total. The molecule has 0 bridgehead atoms. The van der Waals surface area contributed by atoms with E-state index < -0.39 is 0 Å². The summed E-state index contributed by atoms with van der Waals surface area (Å²) in [6.07, 6.45) is 0.833. The first kappa shape index (κ1) is 18.1. The van der Waals surface area contributed by atoms with Gasteiger partial charge in [-0.3, -0.25) is 4.79 Å². The van der Waals surface area contributed by atoms with Gasteiger partial charge in [-0.2, -0.15) is 0 Å². The zero-order chi connectivity index (χ0) is 17.7. The second kappa shape index (κ2) is 7.52. The first-order chi connectivity index (χ1) is 11.3. The Morgan fingerprint density at radius 3 is 2.04 bits per heavy atom. The summed E-state index contributed by atoms with van der Waals surface area (Å²) in [5.41, 5.74) is 4.46. The van der Waals surface area contributed by atoms with E-state index in [1.807, 2.05) is 38.4 Å². The van der Waals surface area contributed by atoms with Crippen molar-refractivity contribution in [3.8, 4) is 0 Å². The summed E-state index contributed by atoms with van der Waals surface area (Å²) in [6.45, 7) is 7.15. The summed E-state index contributed by atoms with van der Waals surface area (Å²) in [6, 6.07) is 16.3. The quantitative estimate of drug-likeness (QED) is 0.901. The fraction of sp³-hybridized carbons (Fsp3) is 0.381. The van der Waals surface area contributed by atoms with Gasteiger partial charge in [-0.1, -0.05) is 45.0 Å². The van der Waals surface area contributed by atoms with Crippen LogP contribution >= 0.6 is 0 Å². The number of nitrogens with zero attached hydrogens (tertiary/aromatic N) is 1. The minimum absolute atomic E-state index is 0.0135. The number of benzene rings is 2. The highest BCUT2D eigenvalue weighted by Gasteiger charge is 2.14. The predicted octanol–water partition coefficient (Wildman–Crippen LogP) is 4.02. The van der Waals surface area contributed by atoms with E-state index in [9.17, 15) is 4.79 Å². The monoisotopic (exact) mass is 324 g/mol. The van der Waals surface area contributed by atoms with Crippen molar-refractivity contribution < 1.29 is 4.79 Å². The molecule has 3 heteroatoms. The molecule has 0 radical (unpaired) electrons. The van der Waals surface area contributed by atoms with Crippen LogP contribution in [0.1, 0.15) is 42.3 Å². The summed E-state index contributed by atoms with van der Waals surface area (Å²) in [5.74, 6) is -0.0135. The average Bonchev–Trinajstić information content (AvgIpc) is 2.54. The molecule has 0 aliphatic rings. The van der Waals surface area contributed by atoms with E-state index in [1.54, 1.807) is 0 Å². The number of hydrogen-bond donors (Lipinski definition) is 1. The molecule has 0 heterocycles. The van der Waals surface area contributed by atoms with E-state index in [0.29, 0.717) is 12.1 Å². The minimum atomic E-state index is -0.0135. The van der Waals surface area contributed by atoms with Gasteiger partial charge in [-0.25, -0.2) is 0 Å². The normalized spacial score (nSPS) is 11.2. The standard InChI is InChI=1S/C21H28N2O/c1-21(2,3)18-10-8-17(9-11-18)20(24)22-15-14-16-6-12-19(13-7-16)23(4)5/h6-13H,14-15H2,1-5H3,(H,22,24). The third-order valence-corrected chi connectivity index (χ3v) is 4.17. The van der Waals surface area contributed by atoms with Crippen LogP contribution in [0, 0.1) is 0 Å². The summed E-state index contributed by atoms with van der Waals surface area (Å²) in [5, 5.41) is 2.99. The molecule has 0 aliphatic carbocycles. The third kappa shape index (κ3) is 4.85. The van der Waals surface area contributed by atoms with Crippen LogP contribution in [-0.4, -0.2) is 26.5 Å². The maximum Gasteiger partial charge on any atom is 0.251 e. The molecule has 24 heavy (non-hydrogen) atoms. The van der Waals surface area contributed by atoms with Crippen LogP contribution in [-0.2, 0) is 11.8 Å². The third-order valence-electron chi connectivity index (χ3n) is 4.17. The highest BCUT2D eigenvalue weighted by Crippen LogP contribution is 2.22. The molecule has 128 valence electrons. The van der Waals surface area contributed by atoms with Crippen LogP contribution in [0.5, 0.6) is 0 Å². The van der Waals surface area contributed by atoms with Crippen LogP contribution < -0.4 is 10.2 Å². The molecule has 0 spiro atoms. The van der Waals surface area contributed by atoms with E-state index in [2.05, 4.69) is 55.3 Å². The fourth-order valence-electron chi connectivity index (χ4n) is 2.50. The number of anilines is 1. The largest absolute Gasteiger partial charge is 0.378 e. The van der Waals surface area contributed by atoms with Gasteiger partial charge in [0.1, 0.15) is 0 Å². The van der Waals surface area contributed by atoms with Gasteiger partial charge >= 0.3 is 0 Å². The van der Waals surface area contributed by atoms with Crippen molar-refractivity contribution in [1.82, 2.24) is 5.32 Å². The van der Waals surface area contributed by atoms with Gasteiger partial charge in [0.2, 0.25) is 0 Å². The van der Waals surface area contributed by atoms with E-state index >= 15 is 0 Å². The minimum Gasteiger partial charge on any atom is -0.378 e. The molecule has 0 unspecified atom stereocenters.